The van der Waals surface area contributed by atoms with Crippen molar-refractivity contribution in [3.05, 3.63) is 52.9 Å². The Labute approximate surface area is 114 Å². The first-order valence-corrected chi connectivity index (χ1v) is 6.13. The van der Waals surface area contributed by atoms with Crippen molar-refractivity contribution in [3.8, 4) is 22.6 Å². The van der Waals surface area contributed by atoms with Gasteiger partial charge in [-0.05, 0) is 24.3 Å². The molecule has 0 spiro atoms. The summed E-state index contributed by atoms with van der Waals surface area (Å²) < 4.78 is 0. The third kappa shape index (κ3) is 2.03. The normalized spacial score (nSPS) is 10.8. The average molecular weight is 278 g/mol. The number of rotatable bonds is 2. The Morgan fingerprint density at radius 2 is 2.00 bits per heavy atom. The molecule has 1 aromatic carbocycles. The molecule has 0 bridgehead atoms. The lowest BCUT2D eigenvalue weighted by Gasteiger charge is -2.01. The third-order valence-electron chi connectivity index (χ3n) is 2.67. The zero-order valence-electron chi connectivity index (χ0n) is 9.24. The second-order valence-electron chi connectivity index (χ2n) is 3.87. The Hall–Kier alpha value is -1.71. The molecule has 0 saturated heterocycles. The highest BCUT2D eigenvalue weighted by molar-refractivity contribution is 6.36. The zero-order chi connectivity index (χ0) is 12.5. The Morgan fingerprint density at radius 3 is 2.72 bits per heavy atom. The second kappa shape index (κ2) is 4.52. The Kier molecular flexibility index (Phi) is 2.86. The summed E-state index contributed by atoms with van der Waals surface area (Å²) in [5.41, 5.74) is 2.76. The SMILES string of the molecule is Clc1ccc(-c2cnc(-c3cc[nH]c3)[nH]2)c(Cl)c1. The maximum Gasteiger partial charge on any atom is 0.139 e. The average Bonchev–Trinajstić information content (AvgIpc) is 2.99. The van der Waals surface area contributed by atoms with Crippen LogP contribution in [0.2, 0.25) is 10.0 Å². The highest BCUT2D eigenvalue weighted by Gasteiger charge is 2.09. The molecule has 0 radical (unpaired) electrons. The zero-order valence-corrected chi connectivity index (χ0v) is 10.8. The van der Waals surface area contributed by atoms with Gasteiger partial charge in [0.2, 0.25) is 0 Å². The molecule has 90 valence electrons. The van der Waals surface area contributed by atoms with Crippen molar-refractivity contribution in [2.75, 3.05) is 0 Å². The molecule has 0 amide bonds. The molecular weight excluding hydrogens is 269 g/mol. The van der Waals surface area contributed by atoms with E-state index in [0.29, 0.717) is 10.0 Å². The number of aromatic nitrogens is 3. The number of H-pyrrole nitrogens is 2. The number of aromatic amines is 2. The highest BCUT2D eigenvalue weighted by atomic mass is 35.5. The number of benzene rings is 1. The van der Waals surface area contributed by atoms with Crippen LogP contribution in [0, 0.1) is 0 Å². The summed E-state index contributed by atoms with van der Waals surface area (Å²) in [6.45, 7) is 0. The predicted molar refractivity (Wildman–Crippen MR) is 73.8 cm³/mol. The van der Waals surface area contributed by atoms with Gasteiger partial charge in [0.25, 0.3) is 0 Å². The monoisotopic (exact) mass is 277 g/mol. The van der Waals surface area contributed by atoms with E-state index >= 15 is 0 Å². The van der Waals surface area contributed by atoms with E-state index in [1.54, 1.807) is 18.3 Å². The van der Waals surface area contributed by atoms with E-state index in [1.165, 1.54) is 0 Å². The minimum atomic E-state index is 0.603. The van der Waals surface area contributed by atoms with Crippen LogP contribution in [0.25, 0.3) is 22.6 Å². The summed E-state index contributed by atoms with van der Waals surface area (Å²) in [5, 5.41) is 1.22. The number of hydrogen-bond donors (Lipinski definition) is 2. The second-order valence-corrected chi connectivity index (χ2v) is 4.71. The summed E-state index contributed by atoms with van der Waals surface area (Å²) >= 11 is 12.0. The lowest BCUT2D eigenvalue weighted by Crippen LogP contribution is -1.80. The van der Waals surface area contributed by atoms with E-state index in [9.17, 15) is 0 Å². The smallest absolute Gasteiger partial charge is 0.139 e. The largest absolute Gasteiger partial charge is 0.367 e. The van der Waals surface area contributed by atoms with Gasteiger partial charge in [0.1, 0.15) is 5.82 Å². The van der Waals surface area contributed by atoms with Gasteiger partial charge in [0.15, 0.2) is 0 Å². The van der Waals surface area contributed by atoms with E-state index in [-0.39, 0.29) is 0 Å². The van der Waals surface area contributed by atoms with Crippen LogP contribution in [0.3, 0.4) is 0 Å². The molecule has 3 aromatic rings. The van der Waals surface area contributed by atoms with Crippen LogP contribution in [0.1, 0.15) is 0 Å². The van der Waals surface area contributed by atoms with Gasteiger partial charge < -0.3 is 9.97 Å². The van der Waals surface area contributed by atoms with Gasteiger partial charge in [-0.15, -0.1) is 0 Å². The Balaban J connectivity index is 2.03. The molecule has 18 heavy (non-hydrogen) atoms. The van der Waals surface area contributed by atoms with Gasteiger partial charge in [-0.2, -0.15) is 0 Å². The molecule has 3 nitrogen and oxygen atoms in total. The van der Waals surface area contributed by atoms with Crippen molar-refractivity contribution in [1.82, 2.24) is 15.0 Å². The van der Waals surface area contributed by atoms with E-state index in [0.717, 1.165) is 22.6 Å². The lowest BCUT2D eigenvalue weighted by atomic mass is 10.2. The summed E-state index contributed by atoms with van der Waals surface area (Å²) in [4.78, 5) is 10.6. The first-order valence-electron chi connectivity index (χ1n) is 5.37. The fourth-order valence-corrected chi connectivity index (χ4v) is 2.29. The van der Waals surface area contributed by atoms with Crippen molar-refractivity contribution in [3.63, 3.8) is 0 Å². The van der Waals surface area contributed by atoms with Crippen LogP contribution in [0.15, 0.2) is 42.9 Å². The van der Waals surface area contributed by atoms with Crippen molar-refractivity contribution in [2.24, 2.45) is 0 Å². The third-order valence-corrected chi connectivity index (χ3v) is 3.22. The van der Waals surface area contributed by atoms with Crippen molar-refractivity contribution >= 4 is 23.2 Å². The summed E-state index contributed by atoms with van der Waals surface area (Å²) in [6, 6.07) is 7.35. The Bertz CT molecular complexity index is 671. The molecule has 0 aliphatic rings. The molecule has 0 fully saturated rings. The van der Waals surface area contributed by atoms with Crippen LogP contribution < -0.4 is 0 Å². The topological polar surface area (TPSA) is 44.5 Å². The highest BCUT2D eigenvalue weighted by Crippen LogP contribution is 2.30. The minimum absolute atomic E-state index is 0.603. The Morgan fingerprint density at radius 1 is 1.11 bits per heavy atom. The fourth-order valence-electron chi connectivity index (χ4n) is 1.78. The molecule has 3 rings (SSSR count). The summed E-state index contributed by atoms with van der Waals surface area (Å²) in [7, 11) is 0. The first kappa shape index (κ1) is 11.4. The van der Waals surface area contributed by atoms with E-state index in [4.69, 9.17) is 23.2 Å². The number of imidazole rings is 1. The van der Waals surface area contributed by atoms with Gasteiger partial charge in [0, 0.05) is 28.5 Å². The van der Waals surface area contributed by atoms with Crippen molar-refractivity contribution in [2.45, 2.75) is 0 Å². The van der Waals surface area contributed by atoms with Crippen LogP contribution in [-0.2, 0) is 0 Å². The van der Waals surface area contributed by atoms with Crippen molar-refractivity contribution in [1.29, 1.82) is 0 Å². The van der Waals surface area contributed by atoms with Crippen LogP contribution >= 0.6 is 23.2 Å². The fraction of sp³-hybridized carbons (Fsp3) is 0. The van der Waals surface area contributed by atoms with Crippen LogP contribution in [0.4, 0.5) is 0 Å². The van der Waals surface area contributed by atoms with Gasteiger partial charge in [-0.3, -0.25) is 0 Å². The van der Waals surface area contributed by atoms with Crippen LogP contribution in [-0.4, -0.2) is 15.0 Å². The van der Waals surface area contributed by atoms with Crippen LogP contribution in [0.5, 0.6) is 0 Å². The molecular formula is C13H9Cl2N3. The summed E-state index contributed by atoms with van der Waals surface area (Å²) in [5.74, 6) is 0.803. The van der Waals surface area contributed by atoms with Gasteiger partial charge in [-0.25, -0.2) is 4.98 Å². The van der Waals surface area contributed by atoms with Crippen molar-refractivity contribution < 1.29 is 0 Å². The maximum atomic E-state index is 6.16. The molecule has 5 heteroatoms. The molecule has 0 aliphatic carbocycles. The minimum Gasteiger partial charge on any atom is -0.367 e. The molecule has 0 aliphatic heterocycles. The molecule has 0 atom stereocenters. The summed E-state index contributed by atoms with van der Waals surface area (Å²) in [6.07, 6.45) is 5.50. The van der Waals surface area contributed by atoms with E-state index in [1.807, 2.05) is 24.5 Å². The predicted octanol–water partition coefficient (Wildman–Crippen LogP) is 4.38. The number of nitrogens with one attached hydrogen (secondary N) is 2. The molecule has 2 heterocycles. The molecule has 0 saturated carbocycles. The quantitative estimate of drug-likeness (QED) is 0.717. The van der Waals surface area contributed by atoms with Gasteiger partial charge >= 0.3 is 0 Å². The van der Waals surface area contributed by atoms with E-state index in [2.05, 4.69) is 15.0 Å². The van der Waals surface area contributed by atoms with Gasteiger partial charge in [-0.1, -0.05) is 23.2 Å². The first-order chi connectivity index (χ1) is 8.74. The number of hydrogen-bond acceptors (Lipinski definition) is 1. The lowest BCUT2D eigenvalue weighted by molar-refractivity contribution is 1.31. The van der Waals surface area contributed by atoms with E-state index < -0.39 is 0 Å². The molecule has 2 aromatic heterocycles. The number of halogens is 2. The van der Waals surface area contributed by atoms with Gasteiger partial charge in [0.05, 0.1) is 16.9 Å². The standard InChI is InChI=1S/C13H9Cl2N3/c14-9-1-2-10(11(15)5-9)12-7-17-13(18-12)8-3-4-16-6-8/h1-7,16H,(H,17,18). The molecule has 0 unspecified atom stereocenters. The maximum absolute atomic E-state index is 6.16. The number of nitrogens with zero attached hydrogens (tertiary/aromatic N) is 1. The molecule has 2 N–H and O–H groups in total.